The molecule has 0 spiro atoms. The second kappa shape index (κ2) is 7.37. The van der Waals surface area contributed by atoms with Gasteiger partial charge in [0.25, 0.3) is 5.91 Å². The van der Waals surface area contributed by atoms with Crippen molar-refractivity contribution >= 4 is 68.2 Å². The lowest BCUT2D eigenvalue weighted by Gasteiger charge is -2.10. The standard InChI is InChI=1S/C14H10BrCl2N3OS/c1-7-10(15)4-5-12(18-7)19-14(22)20-13(21)9-3-2-8(16)6-11(9)17/h2-6H,1H3,(H2,18,19,20,21,22). The first kappa shape index (κ1) is 17.1. The number of pyridine rings is 1. The minimum atomic E-state index is -0.423. The van der Waals surface area contributed by atoms with E-state index in [4.69, 9.17) is 35.4 Å². The number of benzene rings is 1. The zero-order valence-corrected chi connectivity index (χ0v) is 15.2. The van der Waals surface area contributed by atoms with Gasteiger partial charge in [-0.25, -0.2) is 4.98 Å². The van der Waals surface area contributed by atoms with Gasteiger partial charge in [-0.2, -0.15) is 0 Å². The van der Waals surface area contributed by atoms with Crippen LogP contribution in [-0.2, 0) is 0 Å². The van der Waals surface area contributed by atoms with Crippen molar-refractivity contribution < 1.29 is 4.79 Å². The number of nitrogens with one attached hydrogen (secondary N) is 2. The molecule has 0 saturated carbocycles. The van der Waals surface area contributed by atoms with Gasteiger partial charge >= 0.3 is 0 Å². The molecule has 2 rings (SSSR count). The fourth-order valence-corrected chi connectivity index (χ4v) is 2.52. The van der Waals surface area contributed by atoms with E-state index in [0.717, 1.165) is 10.2 Å². The second-order valence-electron chi connectivity index (χ2n) is 4.30. The monoisotopic (exact) mass is 417 g/mol. The van der Waals surface area contributed by atoms with E-state index >= 15 is 0 Å². The van der Waals surface area contributed by atoms with E-state index in [-0.39, 0.29) is 15.7 Å². The molecule has 0 atom stereocenters. The maximum absolute atomic E-state index is 12.1. The molecular formula is C14H10BrCl2N3OS. The highest BCUT2D eigenvalue weighted by Gasteiger charge is 2.12. The molecule has 1 heterocycles. The third-order valence-corrected chi connectivity index (χ3v) is 4.26. The fraction of sp³-hybridized carbons (Fsp3) is 0.0714. The highest BCUT2D eigenvalue weighted by atomic mass is 79.9. The molecule has 1 aromatic carbocycles. The van der Waals surface area contributed by atoms with E-state index in [1.54, 1.807) is 12.1 Å². The molecule has 0 aliphatic carbocycles. The van der Waals surface area contributed by atoms with Gasteiger partial charge < -0.3 is 5.32 Å². The summed E-state index contributed by atoms with van der Waals surface area (Å²) in [5.41, 5.74) is 1.09. The van der Waals surface area contributed by atoms with Gasteiger partial charge in [0.2, 0.25) is 0 Å². The first-order chi connectivity index (χ1) is 10.4. The number of nitrogens with zero attached hydrogens (tertiary/aromatic N) is 1. The zero-order valence-electron chi connectivity index (χ0n) is 11.3. The minimum Gasteiger partial charge on any atom is -0.317 e. The highest BCUT2D eigenvalue weighted by Crippen LogP contribution is 2.21. The topological polar surface area (TPSA) is 54.0 Å². The van der Waals surface area contributed by atoms with Gasteiger partial charge in [-0.3, -0.25) is 10.1 Å². The number of hydrogen-bond donors (Lipinski definition) is 2. The molecule has 22 heavy (non-hydrogen) atoms. The highest BCUT2D eigenvalue weighted by molar-refractivity contribution is 9.10. The summed E-state index contributed by atoms with van der Waals surface area (Å²) in [7, 11) is 0. The summed E-state index contributed by atoms with van der Waals surface area (Å²) in [6, 6.07) is 8.19. The number of carbonyl (C=O) groups is 1. The summed E-state index contributed by atoms with van der Waals surface area (Å²) in [4.78, 5) is 16.4. The average Bonchev–Trinajstić information content (AvgIpc) is 2.42. The van der Waals surface area contributed by atoms with Crippen molar-refractivity contribution in [3.05, 3.63) is 56.1 Å². The van der Waals surface area contributed by atoms with Crippen LogP contribution in [0, 0.1) is 6.92 Å². The maximum Gasteiger partial charge on any atom is 0.258 e. The average molecular weight is 419 g/mol. The van der Waals surface area contributed by atoms with Crippen LogP contribution in [0.25, 0.3) is 0 Å². The predicted molar refractivity (Wildman–Crippen MR) is 96.8 cm³/mol. The fourth-order valence-electron chi connectivity index (χ4n) is 1.61. The number of hydrogen-bond acceptors (Lipinski definition) is 3. The minimum absolute atomic E-state index is 0.130. The number of thiocarbonyl (C=S) groups is 1. The van der Waals surface area contributed by atoms with Crippen LogP contribution in [0.3, 0.4) is 0 Å². The Morgan fingerprint density at radius 2 is 2.00 bits per heavy atom. The van der Waals surface area contributed by atoms with E-state index in [1.807, 2.05) is 13.0 Å². The van der Waals surface area contributed by atoms with E-state index in [1.165, 1.54) is 12.1 Å². The summed E-state index contributed by atoms with van der Waals surface area (Å²) in [5.74, 6) is 0.112. The molecule has 0 saturated heterocycles. The smallest absolute Gasteiger partial charge is 0.258 e. The molecule has 0 bridgehead atoms. The largest absolute Gasteiger partial charge is 0.317 e. The molecule has 8 heteroatoms. The Labute approximate surface area is 151 Å². The number of halogens is 3. The third kappa shape index (κ3) is 4.39. The molecule has 2 aromatic rings. The molecule has 0 unspecified atom stereocenters. The normalized spacial score (nSPS) is 10.2. The summed E-state index contributed by atoms with van der Waals surface area (Å²) in [6.07, 6.45) is 0. The lowest BCUT2D eigenvalue weighted by atomic mass is 10.2. The second-order valence-corrected chi connectivity index (χ2v) is 6.40. The van der Waals surface area contributed by atoms with Crippen LogP contribution in [0.1, 0.15) is 16.1 Å². The molecule has 1 aromatic heterocycles. The van der Waals surface area contributed by atoms with Gasteiger partial charge in [-0.15, -0.1) is 0 Å². The third-order valence-electron chi connectivity index (χ3n) is 2.67. The van der Waals surface area contributed by atoms with Crippen molar-refractivity contribution in [2.75, 3.05) is 5.32 Å². The van der Waals surface area contributed by atoms with Crippen LogP contribution < -0.4 is 10.6 Å². The van der Waals surface area contributed by atoms with Crippen molar-refractivity contribution in [3.8, 4) is 0 Å². The van der Waals surface area contributed by atoms with Crippen LogP contribution in [-0.4, -0.2) is 16.0 Å². The van der Waals surface area contributed by atoms with Crippen LogP contribution in [0.15, 0.2) is 34.8 Å². The molecule has 0 aliphatic rings. The van der Waals surface area contributed by atoms with Crippen LogP contribution >= 0.6 is 51.3 Å². The molecule has 0 fully saturated rings. The Morgan fingerprint density at radius 3 is 2.64 bits per heavy atom. The Kier molecular flexibility index (Phi) is 5.74. The summed E-state index contributed by atoms with van der Waals surface area (Å²) >= 11 is 20.2. The Hall–Kier alpha value is -1.21. The molecule has 1 amide bonds. The zero-order chi connectivity index (χ0) is 16.3. The first-order valence-electron chi connectivity index (χ1n) is 6.07. The Bertz CT molecular complexity index is 755. The molecular weight excluding hydrogens is 409 g/mol. The van der Waals surface area contributed by atoms with Crippen LogP contribution in [0.2, 0.25) is 10.0 Å². The van der Waals surface area contributed by atoms with E-state index < -0.39 is 5.91 Å². The molecule has 2 N–H and O–H groups in total. The van der Waals surface area contributed by atoms with Gasteiger partial charge in [0, 0.05) is 9.50 Å². The van der Waals surface area contributed by atoms with Crippen molar-refractivity contribution in [2.24, 2.45) is 0 Å². The van der Waals surface area contributed by atoms with Gasteiger partial charge in [0.15, 0.2) is 5.11 Å². The van der Waals surface area contributed by atoms with Gasteiger partial charge in [-0.05, 0) is 65.4 Å². The van der Waals surface area contributed by atoms with Crippen LogP contribution in [0.4, 0.5) is 5.82 Å². The lowest BCUT2D eigenvalue weighted by Crippen LogP contribution is -2.34. The van der Waals surface area contributed by atoms with Gasteiger partial charge in [0.1, 0.15) is 5.82 Å². The number of amides is 1. The number of aryl methyl sites for hydroxylation is 1. The Balaban J connectivity index is 2.05. The summed E-state index contributed by atoms with van der Waals surface area (Å²) < 4.78 is 0.890. The van der Waals surface area contributed by atoms with Crippen molar-refractivity contribution in [1.29, 1.82) is 0 Å². The lowest BCUT2D eigenvalue weighted by molar-refractivity contribution is 0.0978. The maximum atomic E-state index is 12.1. The molecule has 4 nitrogen and oxygen atoms in total. The van der Waals surface area contributed by atoms with E-state index in [9.17, 15) is 4.79 Å². The van der Waals surface area contributed by atoms with Crippen molar-refractivity contribution in [2.45, 2.75) is 6.92 Å². The van der Waals surface area contributed by atoms with Gasteiger partial charge in [0.05, 0.1) is 16.3 Å². The van der Waals surface area contributed by atoms with E-state index in [0.29, 0.717) is 10.8 Å². The van der Waals surface area contributed by atoms with Crippen molar-refractivity contribution in [3.63, 3.8) is 0 Å². The number of carbonyl (C=O) groups excluding carboxylic acids is 1. The number of anilines is 1. The summed E-state index contributed by atoms with van der Waals surface area (Å²) in [6.45, 7) is 1.85. The SMILES string of the molecule is Cc1nc(NC(=S)NC(=O)c2ccc(Cl)cc2Cl)ccc1Br. The van der Waals surface area contributed by atoms with Crippen LogP contribution in [0.5, 0.6) is 0 Å². The molecule has 0 aliphatic heterocycles. The summed E-state index contributed by atoms with van der Waals surface area (Å²) in [5, 5.41) is 6.22. The molecule has 0 radical (unpaired) electrons. The van der Waals surface area contributed by atoms with Crippen molar-refractivity contribution in [1.82, 2.24) is 10.3 Å². The Morgan fingerprint density at radius 1 is 1.27 bits per heavy atom. The predicted octanol–water partition coefficient (Wildman–Crippen LogP) is 4.59. The number of rotatable bonds is 2. The first-order valence-corrected chi connectivity index (χ1v) is 8.03. The van der Waals surface area contributed by atoms with E-state index in [2.05, 4.69) is 31.5 Å². The number of aromatic nitrogens is 1. The molecule has 114 valence electrons. The quantitative estimate of drug-likeness (QED) is 0.700. The van der Waals surface area contributed by atoms with Gasteiger partial charge in [-0.1, -0.05) is 23.2 Å².